The van der Waals surface area contributed by atoms with Crippen LogP contribution in [0, 0.1) is 0 Å². The molecule has 0 saturated carbocycles. The van der Waals surface area contributed by atoms with Gasteiger partial charge in [-0.2, -0.15) is 0 Å². The van der Waals surface area contributed by atoms with Crippen molar-refractivity contribution in [1.29, 1.82) is 0 Å². The van der Waals surface area contributed by atoms with Gasteiger partial charge < -0.3 is 19.4 Å². The van der Waals surface area contributed by atoms with E-state index in [0.29, 0.717) is 13.0 Å². The molecule has 5 nitrogen and oxygen atoms in total. The quantitative estimate of drug-likeness (QED) is 0.551. The number of alkyl carbamates (subject to hydrolysis) is 1. The van der Waals surface area contributed by atoms with E-state index in [0.717, 1.165) is 38.7 Å². The fourth-order valence-electron chi connectivity index (χ4n) is 3.65. The summed E-state index contributed by atoms with van der Waals surface area (Å²) in [5, 5.41) is 6.19. The smallest absolute Gasteiger partial charge is 0.406 e. The highest BCUT2D eigenvalue weighted by molar-refractivity contribution is 5.96. The van der Waals surface area contributed by atoms with Gasteiger partial charge in [0.05, 0.1) is 25.4 Å². The summed E-state index contributed by atoms with van der Waals surface area (Å²) in [5.74, 6) is 0.818. The van der Waals surface area contributed by atoms with E-state index >= 15 is 0 Å². The van der Waals surface area contributed by atoms with Crippen LogP contribution in [0.3, 0.4) is 0 Å². The highest BCUT2D eigenvalue weighted by Crippen LogP contribution is 2.35. The topological polar surface area (TPSA) is 52.5 Å². The summed E-state index contributed by atoms with van der Waals surface area (Å²) < 4.78 is 12.5. The number of nitrogens with zero attached hydrogens (tertiary/aromatic N) is 1. The third-order valence-corrected chi connectivity index (χ3v) is 4.97. The summed E-state index contributed by atoms with van der Waals surface area (Å²) in [6.07, 6.45) is 2.42. The van der Waals surface area contributed by atoms with Crippen LogP contribution in [0.1, 0.15) is 5.56 Å². The number of para-hydroxylation sites is 1. The monoisotopic (exact) mass is 374 g/mol. The minimum absolute atomic E-state index is 0.417. The third-order valence-electron chi connectivity index (χ3n) is 4.97. The van der Waals surface area contributed by atoms with Crippen molar-refractivity contribution in [3.63, 3.8) is 0 Å². The number of fused-ring (bicyclic) bond motifs is 2. The Labute approximate surface area is 163 Å². The van der Waals surface area contributed by atoms with Gasteiger partial charge in [-0.1, -0.05) is 48.5 Å². The van der Waals surface area contributed by atoms with Crippen LogP contribution >= 0.6 is 0 Å². The summed E-state index contributed by atoms with van der Waals surface area (Å²) >= 11 is 0. The van der Waals surface area contributed by atoms with E-state index in [-0.39, 0.29) is 0 Å². The molecule has 0 aliphatic rings. The first-order chi connectivity index (χ1) is 13.7. The first kappa shape index (κ1) is 17.9. The van der Waals surface area contributed by atoms with Crippen molar-refractivity contribution in [2.24, 2.45) is 0 Å². The number of rotatable bonds is 5. The van der Waals surface area contributed by atoms with Crippen molar-refractivity contribution < 1.29 is 14.3 Å². The summed E-state index contributed by atoms with van der Waals surface area (Å²) in [7, 11) is 3.06. The van der Waals surface area contributed by atoms with Crippen molar-refractivity contribution in [2.45, 2.75) is 6.42 Å². The van der Waals surface area contributed by atoms with E-state index in [4.69, 9.17) is 4.74 Å². The molecule has 0 aliphatic carbocycles. The van der Waals surface area contributed by atoms with Gasteiger partial charge in [-0.25, -0.2) is 4.79 Å². The zero-order chi connectivity index (χ0) is 19.5. The van der Waals surface area contributed by atoms with Gasteiger partial charge in [0.15, 0.2) is 0 Å². The largest absolute Gasteiger partial charge is 0.495 e. The number of amides is 1. The minimum Gasteiger partial charge on any atom is -0.495 e. The van der Waals surface area contributed by atoms with E-state index in [2.05, 4.69) is 51.1 Å². The highest BCUT2D eigenvalue weighted by Gasteiger charge is 2.15. The number of aromatic nitrogens is 1. The molecule has 0 unspecified atom stereocenters. The van der Waals surface area contributed by atoms with Gasteiger partial charge in [0.1, 0.15) is 5.75 Å². The summed E-state index contributed by atoms with van der Waals surface area (Å²) in [6.45, 7) is 0.507. The molecule has 142 valence electrons. The van der Waals surface area contributed by atoms with Gasteiger partial charge >= 0.3 is 6.09 Å². The Morgan fingerprint density at radius 3 is 2.50 bits per heavy atom. The number of nitrogens with one attached hydrogen (secondary N) is 1. The van der Waals surface area contributed by atoms with Crippen LogP contribution in [0.5, 0.6) is 5.75 Å². The number of benzene rings is 3. The van der Waals surface area contributed by atoms with Crippen LogP contribution in [-0.2, 0) is 11.2 Å². The Morgan fingerprint density at radius 2 is 1.71 bits per heavy atom. The van der Waals surface area contributed by atoms with Crippen LogP contribution in [-0.4, -0.2) is 31.4 Å². The van der Waals surface area contributed by atoms with Gasteiger partial charge in [0.2, 0.25) is 0 Å². The lowest BCUT2D eigenvalue weighted by Crippen LogP contribution is -2.25. The van der Waals surface area contributed by atoms with Gasteiger partial charge in [-0.05, 0) is 29.5 Å². The fraction of sp³-hybridized carbons (Fsp3) is 0.174. The summed E-state index contributed by atoms with van der Waals surface area (Å²) in [5.41, 5.74) is 3.27. The lowest BCUT2D eigenvalue weighted by molar-refractivity contribution is 0.171. The minimum atomic E-state index is -0.417. The first-order valence-corrected chi connectivity index (χ1v) is 9.20. The van der Waals surface area contributed by atoms with Crippen molar-refractivity contribution in [3.05, 3.63) is 72.4 Å². The van der Waals surface area contributed by atoms with Gasteiger partial charge in [-0.3, -0.25) is 0 Å². The molecule has 1 aromatic heterocycles. The zero-order valence-electron chi connectivity index (χ0n) is 15.9. The molecule has 28 heavy (non-hydrogen) atoms. The fourth-order valence-corrected chi connectivity index (χ4v) is 3.65. The molecular formula is C23H22N2O3. The average Bonchev–Trinajstić information content (AvgIpc) is 3.11. The third kappa shape index (κ3) is 3.16. The molecule has 0 saturated heterocycles. The number of carbonyl (C=O) groups is 1. The maximum absolute atomic E-state index is 11.4. The van der Waals surface area contributed by atoms with E-state index in [1.807, 2.05) is 30.3 Å². The molecule has 0 radical (unpaired) electrons. The van der Waals surface area contributed by atoms with Crippen LogP contribution in [0.4, 0.5) is 4.79 Å². The lowest BCUT2D eigenvalue weighted by Gasteiger charge is -2.14. The lowest BCUT2D eigenvalue weighted by atomic mass is 10.1. The molecule has 1 heterocycles. The van der Waals surface area contributed by atoms with Crippen molar-refractivity contribution in [2.75, 3.05) is 20.8 Å². The normalized spacial score (nSPS) is 10.9. The predicted molar refractivity (Wildman–Crippen MR) is 111 cm³/mol. The molecule has 3 aromatic carbocycles. The molecule has 0 bridgehead atoms. The Bertz CT molecular complexity index is 1150. The van der Waals surface area contributed by atoms with Gasteiger partial charge in [0.25, 0.3) is 0 Å². The number of ether oxygens (including phenoxy) is 2. The van der Waals surface area contributed by atoms with Gasteiger partial charge in [0, 0.05) is 23.5 Å². The van der Waals surface area contributed by atoms with Crippen molar-refractivity contribution in [3.8, 4) is 11.4 Å². The molecule has 4 aromatic rings. The van der Waals surface area contributed by atoms with E-state index in [1.54, 1.807) is 7.11 Å². The Kier molecular flexibility index (Phi) is 4.89. The molecule has 0 fully saturated rings. The van der Waals surface area contributed by atoms with E-state index in [9.17, 15) is 4.79 Å². The predicted octanol–water partition coefficient (Wildman–Crippen LogP) is 4.69. The standard InChI is InChI=1S/C23H22N2O3/c1-27-21-12-11-16-7-3-4-9-19(16)22(21)25-15-17(13-14-24-23(26)28-2)18-8-5-6-10-20(18)25/h3-12,15H,13-14H2,1-2H3,(H,24,26). The molecule has 0 aliphatic heterocycles. The highest BCUT2D eigenvalue weighted by atomic mass is 16.5. The Morgan fingerprint density at radius 1 is 0.964 bits per heavy atom. The zero-order valence-corrected chi connectivity index (χ0v) is 15.9. The summed E-state index contributed by atoms with van der Waals surface area (Å²) in [6, 6.07) is 20.7. The molecule has 0 atom stereocenters. The maximum Gasteiger partial charge on any atom is 0.406 e. The summed E-state index contributed by atoms with van der Waals surface area (Å²) in [4.78, 5) is 11.4. The molecule has 4 rings (SSSR count). The molecule has 0 spiro atoms. The van der Waals surface area contributed by atoms with Crippen LogP contribution in [0.25, 0.3) is 27.4 Å². The number of methoxy groups -OCH3 is 2. The molecule has 5 heteroatoms. The SMILES string of the molecule is COC(=O)NCCc1cn(-c2c(OC)ccc3ccccc23)c2ccccc12. The van der Waals surface area contributed by atoms with Crippen LogP contribution in [0.2, 0.25) is 0 Å². The molecule has 1 N–H and O–H groups in total. The van der Waals surface area contributed by atoms with Crippen LogP contribution in [0.15, 0.2) is 66.9 Å². The molecular weight excluding hydrogens is 352 g/mol. The first-order valence-electron chi connectivity index (χ1n) is 9.20. The number of hydrogen-bond acceptors (Lipinski definition) is 3. The van der Waals surface area contributed by atoms with Crippen molar-refractivity contribution >= 4 is 27.8 Å². The number of hydrogen-bond donors (Lipinski definition) is 1. The Hall–Kier alpha value is -3.47. The van der Waals surface area contributed by atoms with Crippen molar-refractivity contribution in [1.82, 2.24) is 9.88 Å². The Balaban J connectivity index is 1.86. The van der Waals surface area contributed by atoms with Gasteiger partial charge in [-0.15, -0.1) is 0 Å². The second-order valence-corrected chi connectivity index (χ2v) is 6.55. The van der Waals surface area contributed by atoms with E-state index < -0.39 is 6.09 Å². The second-order valence-electron chi connectivity index (χ2n) is 6.55. The molecule has 1 amide bonds. The second kappa shape index (κ2) is 7.64. The maximum atomic E-state index is 11.4. The van der Waals surface area contributed by atoms with E-state index in [1.165, 1.54) is 7.11 Å². The average molecular weight is 374 g/mol. The number of carbonyl (C=O) groups excluding carboxylic acids is 1. The van der Waals surface area contributed by atoms with Crippen LogP contribution < -0.4 is 10.1 Å².